The van der Waals surface area contributed by atoms with Gasteiger partial charge in [0.1, 0.15) is 5.82 Å². The summed E-state index contributed by atoms with van der Waals surface area (Å²) in [5, 5.41) is 2.80. The van der Waals surface area contributed by atoms with Crippen molar-refractivity contribution in [3.63, 3.8) is 0 Å². The number of hydrogen-bond acceptors (Lipinski definition) is 2. The molecule has 2 aromatic rings. The Morgan fingerprint density at radius 1 is 1.24 bits per heavy atom. The molecule has 0 atom stereocenters. The zero-order valence-electron chi connectivity index (χ0n) is 13.8. The highest BCUT2D eigenvalue weighted by atomic mass is 79.9. The molecule has 0 fully saturated rings. The van der Waals surface area contributed by atoms with Gasteiger partial charge in [0.05, 0.1) is 0 Å². The van der Waals surface area contributed by atoms with Crippen LogP contribution in [0, 0.1) is 5.82 Å². The maximum Gasteiger partial charge on any atom is 0.254 e. The number of hydrogen-bond donors (Lipinski definition) is 1. The van der Waals surface area contributed by atoms with Gasteiger partial charge in [0.25, 0.3) is 5.91 Å². The Hall–Kier alpha value is -2.21. The van der Waals surface area contributed by atoms with Crippen LogP contribution in [0.2, 0.25) is 0 Å². The van der Waals surface area contributed by atoms with Gasteiger partial charge in [0, 0.05) is 40.8 Å². The maximum absolute atomic E-state index is 14.0. The van der Waals surface area contributed by atoms with Crippen LogP contribution in [0.3, 0.4) is 0 Å². The van der Waals surface area contributed by atoms with Gasteiger partial charge >= 0.3 is 0 Å². The van der Waals surface area contributed by atoms with Crippen molar-refractivity contribution in [3.05, 3.63) is 63.4 Å². The number of nitrogens with zero attached hydrogens (tertiary/aromatic N) is 1. The zero-order valence-corrected chi connectivity index (χ0v) is 15.4. The van der Waals surface area contributed by atoms with E-state index in [9.17, 15) is 14.0 Å². The minimum absolute atomic E-state index is 0.00751. The molecule has 1 heterocycles. The van der Waals surface area contributed by atoms with Crippen LogP contribution in [0.15, 0.2) is 40.9 Å². The largest absolute Gasteiger partial charge is 0.334 e. The van der Waals surface area contributed by atoms with E-state index < -0.39 is 0 Å². The molecule has 0 radical (unpaired) electrons. The molecule has 1 aliphatic heterocycles. The Morgan fingerprint density at radius 2 is 2.04 bits per heavy atom. The molecular weight excluding hydrogens is 387 g/mol. The summed E-state index contributed by atoms with van der Waals surface area (Å²) < 4.78 is 14.8. The Labute approximate surface area is 154 Å². The lowest BCUT2D eigenvalue weighted by atomic mass is 10.00. The smallest absolute Gasteiger partial charge is 0.254 e. The molecule has 130 valence electrons. The van der Waals surface area contributed by atoms with Crippen LogP contribution >= 0.6 is 15.9 Å². The molecular formula is C19H18BrFN2O2. The maximum atomic E-state index is 14.0. The highest BCUT2D eigenvalue weighted by Crippen LogP contribution is 2.25. The number of amides is 2. The second-order valence-corrected chi connectivity index (χ2v) is 6.89. The summed E-state index contributed by atoms with van der Waals surface area (Å²) in [5.41, 5.74) is 2.73. The third-order valence-corrected chi connectivity index (χ3v) is 4.78. The molecule has 0 bridgehead atoms. The second kappa shape index (κ2) is 7.35. The Bertz CT molecular complexity index is 838. The van der Waals surface area contributed by atoms with Gasteiger partial charge in [-0.1, -0.05) is 15.9 Å². The lowest BCUT2D eigenvalue weighted by Gasteiger charge is -2.23. The van der Waals surface area contributed by atoms with Crippen molar-refractivity contribution in [2.24, 2.45) is 0 Å². The molecule has 2 aromatic carbocycles. The first-order valence-electron chi connectivity index (χ1n) is 8.14. The van der Waals surface area contributed by atoms with Crippen LogP contribution in [0.4, 0.5) is 10.1 Å². The molecule has 0 saturated carbocycles. The molecule has 1 aliphatic rings. The van der Waals surface area contributed by atoms with Crippen molar-refractivity contribution in [1.82, 2.24) is 4.90 Å². The Kier molecular flexibility index (Phi) is 5.18. The van der Waals surface area contributed by atoms with E-state index in [0.717, 1.165) is 15.7 Å². The molecule has 0 aromatic heterocycles. The number of anilines is 1. The van der Waals surface area contributed by atoms with Crippen LogP contribution < -0.4 is 5.32 Å². The molecule has 6 heteroatoms. The molecule has 3 rings (SSSR count). The topological polar surface area (TPSA) is 49.4 Å². The van der Waals surface area contributed by atoms with Crippen LogP contribution in [-0.4, -0.2) is 23.3 Å². The number of aryl methyl sites for hydroxylation is 1. The van der Waals surface area contributed by atoms with Crippen molar-refractivity contribution in [2.45, 2.75) is 26.3 Å². The summed E-state index contributed by atoms with van der Waals surface area (Å²) in [6.07, 6.45) is 1.04. The molecule has 0 spiro atoms. The van der Waals surface area contributed by atoms with Crippen LogP contribution in [0.25, 0.3) is 0 Å². The summed E-state index contributed by atoms with van der Waals surface area (Å²) in [5.74, 6) is -0.490. The van der Waals surface area contributed by atoms with Gasteiger partial charge in [-0.25, -0.2) is 4.39 Å². The van der Waals surface area contributed by atoms with Gasteiger partial charge in [-0.2, -0.15) is 0 Å². The molecule has 0 unspecified atom stereocenters. The molecule has 1 N–H and O–H groups in total. The number of benzene rings is 2. The average molecular weight is 405 g/mol. The van der Waals surface area contributed by atoms with E-state index in [0.29, 0.717) is 30.5 Å². The Balaban J connectivity index is 1.83. The van der Waals surface area contributed by atoms with E-state index in [1.165, 1.54) is 6.07 Å². The van der Waals surface area contributed by atoms with E-state index in [2.05, 4.69) is 21.2 Å². The van der Waals surface area contributed by atoms with Gasteiger partial charge in [-0.15, -0.1) is 0 Å². The van der Waals surface area contributed by atoms with Crippen molar-refractivity contribution in [1.29, 1.82) is 0 Å². The fraction of sp³-hybridized carbons (Fsp3) is 0.263. The fourth-order valence-electron chi connectivity index (χ4n) is 2.90. The van der Waals surface area contributed by atoms with Crippen LogP contribution in [-0.2, 0) is 17.8 Å². The quantitative estimate of drug-likeness (QED) is 0.832. The first-order chi connectivity index (χ1) is 12.0. The van der Waals surface area contributed by atoms with E-state index in [1.807, 2.05) is 13.0 Å². The van der Waals surface area contributed by atoms with Gasteiger partial charge in [-0.3, -0.25) is 9.59 Å². The normalized spacial score (nSPS) is 13.2. The predicted molar refractivity (Wildman–Crippen MR) is 97.9 cm³/mol. The number of halogens is 2. The van der Waals surface area contributed by atoms with Gasteiger partial charge in [-0.05, 0) is 55.3 Å². The monoisotopic (exact) mass is 404 g/mol. The summed E-state index contributed by atoms with van der Waals surface area (Å²) in [6, 6.07) is 9.98. The summed E-state index contributed by atoms with van der Waals surface area (Å²) >= 11 is 3.33. The minimum atomic E-state index is -0.331. The zero-order chi connectivity index (χ0) is 18.0. The third kappa shape index (κ3) is 3.90. The van der Waals surface area contributed by atoms with Crippen LogP contribution in [0.1, 0.15) is 34.8 Å². The van der Waals surface area contributed by atoms with E-state index in [4.69, 9.17) is 0 Å². The van der Waals surface area contributed by atoms with E-state index in [1.54, 1.807) is 29.2 Å². The third-order valence-electron chi connectivity index (χ3n) is 4.29. The molecule has 0 saturated heterocycles. The standard InChI is InChI=1S/C19H18BrFN2O2/c1-2-23(11-14-10-15(20)5-6-16(14)21)19(25)13-3-7-17-12(9-13)4-8-18(24)22-17/h3,5-7,9-10H,2,4,8,11H2,1H3,(H,22,24). The number of nitrogens with one attached hydrogen (secondary N) is 1. The number of carbonyl (C=O) groups excluding carboxylic acids is 2. The van der Waals surface area contributed by atoms with Crippen molar-refractivity contribution < 1.29 is 14.0 Å². The Morgan fingerprint density at radius 3 is 2.80 bits per heavy atom. The molecule has 4 nitrogen and oxygen atoms in total. The summed E-state index contributed by atoms with van der Waals surface area (Å²) in [4.78, 5) is 25.9. The second-order valence-electron chi connectivity index (χ2n) is 5.98. The predicted octanol–water partition coefficient (Wildman–Crippen LogP) is 4.14. The first kappa shape index (κ1) is 17.6. The lowest BCUT2D eigenvalue weighted by Crippen LogP contribution is -2.31. The summed E-state index contributed by atoms with van der Waals surface area (Å²) in [6.45, 7) is 2.54. The average Bonchev–Trinajstić information content (AvgIpc) is 2.61. The summed E-state index contributed by atoms with van der Waals surface area (Å²) in [7, 11) is 0. The highest BCUT2D eigenvalue weighted by Gasteiger charge is 2.20. The van der Waals surface area contributed by atoms with Crippen molar-refractivity contribution >= 4 is 33.4 Å². The van der Waals surface area contributed by atoms with Gasteiger partial charge in [0.2, 0.25) is 5.91 Å². The van der Waals surface area contributed by atoms with Crippen molar-refractivity contribution in [2.75, 3.05) is 11.9 Å². The number of carbonyl (C=O) groups is 2. The van der Waals surface area contributed by atoms with Crippen molar-refractivity contribution in [3.8, 4) is 0 Å². The molecule has 25 heavy (non-hydrogen) atoms. The van der Waals surface area contributed by atoms with Gasteiger partial charge < -0.3 is 10.2 Å². The highest BCUT2D eigenvalue weighted by molar-refractivity contribution is 9.10. The lowest BCUT2D eigenvalue weighted by molar-refractivity contribution is -0.116. The number of fused-ring (bicyclic) bond motifs is 1. The first-order valence-corrected chi connectivity index (χ1v) is 8.93. The SMILES string of the molecule is CCN(Cc1cc(Br)ccc1F)C(=O)c1ccc2c(c1)CCC(=O)N2. The van der Waals surface area contributed by atoms with E-state index in [-0.39, 0.29) is 24.2 Å². The van der Waals surface area contributed by atoms with Gasteiger partial charge in [0.15, 0.2) is 0 Å². The fourth-order valence-corrected chi connectivity index (χ4v) is 3.30. The number of rotatable bonds is 4. The molecule has 0 aliphatic carbocycles. The molecule has 2 amide bonds. The minimum Gasteiger partial charge on any atom is -0.334 e. The van der Waals surface area contributed by atoms with Crippen LogP contribution in [0.5, 0.6) is 0 Å². The van der Waals surface area contributed by atoms with E-state index >= 15 is 0 Å².